The summed E-state index contributed by atoms with van der Waals surface area (Å²) < 4.78 is 20.4. The molecule has 0 unspecified atom stereocenters. The molecule has 0 aliphatic carbocycles. The van der Waals surface area contributed by atoms with Crippen LogP contribution in [0.4, 0.5) is 4.39 Å². The van der Waals surface area contributed by atoms with Crippen LogP contribution in [0.25, 0.3) is 0 Å². The van der Waals surface area contributed by atoms with Gasteiger partial charge in [-0.25, -0.2) is 10.2 Å². The minimum atomic E-state index is -0.707. The highest BCUT2D eigenvalue weighted by Crippen LogP contribution is 2.35. The molecule has 2 aromatic rings. The van der Waals surface area contributed by atoms with Gasteiger partial charge in [-0.2, -0.15) is 5.26 Å². The van der Waals surface area contributed by atoms with E-state index in [9.17, 15) is 9.18 Å². The third kappa shape index (κ3) is 4.20. The molecule has 2 rings (SSSR count). The summed E-state index contributed by atoms with van der Waals surface area (Å²) in [7, 11) is 0. The maximum Gasteiger partial charge on any atom is 0.238 e. The van der Waals surface area contributed by atoms with E-state index in [4.69, 9.17) is 27.4 Å². The van der Waals surface area contributed by atoms with E-state index in [1.165, 1.54) is 24.3 Å². The van der Waals surface area contributed by atoms with Crippen molar-refractivity contribution in [2.45, 2.75) is 6.42 Å². The lowest BCUT2D eigenvalue weighted by atomic mass is 10.1. The first-order valence-corrected chi connectivity index (χ1v) is 7.46. The number of hydrazine groups is 1. The number of carbonyl (C=O) groups excluding carboxylic acids is 1. The fraction of sp³-hybridized carbons (Fsp3) is 0.0667. The number of amides is 1. The van der Waals surface area contributed by atoms with Crippen LogP contribution >= 0.6 is 27.5 Å². The van der Waals surface area contributed by atoms with Gasteiger partial charge in [-0.3, -0.25) is 10.2 Å². The molecular weight excluding hydrogens is 389 g/mol. The van der Waals surface area contributed by atoms with Crippen LogP contribution in [0.2, 0.25) is 5.02 Å². The lowest BCUT2D eigenvalue weighted by Crippen LogP contribution is -2.31. The fourth-order valence-corrected chi connectivity index (χ4v) is 2.44. The summed E-state index contributed by atoms with van der Waals surface area (Å²) in [5, 5.41) is 9.21. The van der Waals surface area contributed by atoms with Crippen LogP contribution < -0.4 is 16.0 Å². The molecule has 0 aliphatic heterocycles. The minimum absolute atomic E-state index is 0.113. The predicted octanol–water partition coefficient (Wildman–Crippen LogP) is 3.44. The molecule has 0 saturated heterocycles. The Morgan fingerprint density at radius 2 is 2.17 bits per heavy atom. The van der Waals surface area contributed by atoms with Crippen LogP contribution in [-0.4, -0.2) is 5.91 Å². The van der Waals surface area contributed by atoms with E-state index in [-0.39, 0.29) is 34.1 Å². The number of nitrogens with two attached hydrogens (primary N) is 1. The molecule has 0 aromatic heterocycles. The van der Waals surface area contributed by atoms with Gasteiger partial charge in [-0.05, 0) is 40.2 Å². The van der Waals surface area contributed by atoms with Crippen molar-refractivity contribution in [2.24, 2.45) is 5.84 Å². The molecule has 1 amide bonds. The Hall–Kier alpha value is -2.14. The van der Waals surface area contributed by atoms with E-state index >= 15 is 0 Å². The monoisotopic (exact) mass is 397 g/mol. The van der Waals surface area contributed by atoms with Crippen LogP contribution in [-0.2, 0) is 11.2 Å². The summed E-state index contributed by atoms with van der Waals surface area (Å²) in [4.78, 5) is 11.3. The summed E-state index contributed by atoms with van der Waals surface area (Å²) in [6.07, 6.45) is -0.231. The average molecular weight is 399 g/mol. The molecule has 0 radical (unpaired) electrons. The zero-order valence-electron chi connectivity index (χ0n) is 11.6. The number of hydrogen-bond donors (Lipinski definition) is 2. The van der Waals surface area contributed by atoms with Crippen LogP contribution in [0.5, 0.6) is 11.5 Å². The molecule has 0 aliphatic rings. The van der Waals surface area contributed by atoms with E-state index < -0.39 is 11.7 Å². The number of nitriles is 1. The summed E-state index contributed by atoms with van der Waals surface area (Å²) in [5.41, 5.74) is 2.33. The number of nitrogens with one attached hydrogen (secondary N) is 1. The molecule has 0 heterocycles. The van der Waals surface area contributed by atoms with Gasteiger partial charge in [0.05, 0.1) is 22.5 Å². The lowest BCUT2D eigenvalue weighted by Gasteiger charge is -2.12. The highest BCUT2D eigenvalue weighted by molar-refractivity contribution is 9.10. The molecule has 0 fully saturated rings. The van der Waals surface area contributed by atoms with E-state index in [1.807, 2.05) is 11.5 Å². The van der Waals surface area contributed by atoms with Crippen molar-refractivity contribution in [3.63, 3.8) is 0 Å². The van der Waals surface area contributed by atoms with Crippen molar-refractivity contribution in [3.8, 4) is 17.6 Å². The second-order valence-corrected chi connectivity index (χ2v) is 5.77. The van der Waals surface area contributed by atoms with Crippen molar-refractivity contribution in [1.29, 1.82) is 5.26 Å². The number of hydrogen-bond acceptors (Lipinski definition) is 4. The summed E-state index contributed by atoms with van der Waals surface area (Å²) in [6.45, 7) is 0. The maximum atomic E-state index is 14.5. The van der Waals surface area contributed by atoms with Gasteiger partial charge in [-0.1, -0.05) is 17.7 Å². The Kier molecular flexibility index (Phi) is 5.55. The van der Waals surface area contributed by atoms with Crippen molar-refractivity contribution in [3.05, 3.63) is 56.8 Å². The molecule has 0 spiro atoms. The topological polar surface area (TPSA) is 88.1 Å². The van der Waals surface area contributed by atoms with Crippen LogP contribution in [0.1, 0.15) is 11.1 Å². The van der Waals surface area contributed by atoms with Gasteiger partial charge in [0.2, 0.25) is 5.91 Å². The zero-order valence-corrected chi connectivity index (χ0v) is 13.9. The predicted molar refractivity (Wildman–Crippen MR) is 86.4 cm³/mol. The summed E-state index contributed by atoms with van der Waals surface area (Å²) >= 11 is 9.08. The molecule has 0 atom stereocenters. The summed E-state index contributed by atoms with van der Waals surface area (Å²) in [5.74, 6) is 3.85. The van der Waals surface area contributed by atoms with Crippen molar-refractivity contribution in [1.82, 2.24) is 5.43 Å². The van der Waals surface area contributed by atoms with E-state index in [2.05, 4.69) is 15.9 Å². The third-order valence-corrected chi connectivity index (χ3v) is 3.70. The molecule has 23 heavy (non-hydrogen) atoms. The summed E-state index contributed by atoms with van der Waals surface area (Å²) in [6, 6.07) is 9.26. The maximum absolute atomic E-state index is 14.5. The van der Waals surface area contributed by atoms with E-state index in [0.29, 0.717) is 4.47 Å². The first-order valence-electron chi connectivity index (χ1n) is 6.29. The molecule has 2 aromatic carbocycles. The van der Waals surface area contributed by atoms with Crippen molar-refractivity contribution < 1.29 is 13.9 Å². The van der Waals surface area contributed by atoms with Crippen molar-refractivity contribution in [2.75, 3.05) is 0 Å². The highest BCUT2D eigenvalue weighted by Gasteiger charge is 2.17. The Morgan fingerprint density at radius 3 is 2.83 bits per heavy atom. The Bertz CT molecular complexity index is 808. The minimum Gasteiger partial charge on any atom is -0.453 e. The molecule has 0 saturated carbocycles. The smallest absolute Gasteiger partial charge is 0.238 e. The number of carbonyl (C=O) groups is 1. The fourth-order valence-electron chi connectivity index (χ4n) is 1.83. The second kappa shape index (κ2) is 7.42. The van der Waals surface area contributed by atoms with Crippen molar-refractivity contribution >= 4 is 33.4 Å². The van der Waals surface area contributed by atoms with Gasteiger partial charge in [-0.15, -0.1) is 0 Å². The Balaban J connectivity index is 2.40. The SMILES string of the molecule is N#Cc1cc(Cl)cc(Oc2c(Br)ccc(CC(=O)NN)c2F)c1. The van der Waals surface area contributed by atoms with Gasteiger partial charge < -0.3 is 4.74 Å². The average Bonchev–Trinajstić information content (AvgIpc) is 2.53. The van der Waals surface area contributed by atoms with E-state index in [0.717, 1.165) is 0 Å². The van der Waals surface area contributed by atoms with Crippen LogP contribution in [0.15, 0.2) is 34.8 Å². The second-order valence-electron chi connectivity index (χ2n) is 4.48. The number of benzene rings is 2. The Labute approximate surface area is 144 Å². The largest absolute Gasteiger partial charge is 0.453 e. The number of ether oxygens (including phenoxy) is 1. The normalized spacial score (nSPS) is 10.0. The number of nitrogens with zero attached hydrogens (tertiary/aromatic N) is 1. The van der Waals surface area contributed by atoms with Crippen LogP contribution in [0, 0.1) is 17.1 Å². The molecule has 118 valence electrons. The first-order chi connectivity index (χ1) is 10.9. The zero-order chi connectivity index (χ0) is 17.0. The standard InChI is InChI=1S/C15H10BrClFN3O2/c16-12-2-1-9(5-13(22)21-20)14(18)15(12)23-11-4-8(7-19)3-10(17)6-11/h1-4,6H,5,20H2,(H,21,22). The number of halogens is 3. The Morgan fingerprint density at radius 1 is 1.43 bits per heavy atom. The molecule has 3 N–H and O–H groups in total. The van der Waals surface area contributed by atoms with Crippen LogP contribution in [0.3, 0.4) is 0 Å². The van der Waals surface area contributed by atoms with Gasteiger partial charge in [0.25, 0.3) is 0 Å². The lowest BCUT2D eigenvalue weighted by molar-refractivity contribution is -0.120. The quantitative estimate of drug-likeness (QED) is 0.469. The van der Waals surface area contributed by atoms with Gasteiger partial charge in [0, 0.05) is 10.6 Å². The molecule has 5 nitrogen and oxygen atoms in total. The third-order valence-electron chi connectivity index (χ3n) is 2.86. The highest BCUT2D eigenvalue weighted by atomic mass is 79.9. The molecular formula is C15H10BrClFN3O2. The molecule has 8 heteroatoms. The first kappa shape index (κ1) is 17.2. The number of rotatable bonds is 4. The van der Waals surface area contributed by atoms with Gasteiger partial charge in [0.1, 0.15) is 5.75 Å². The van der Waals surface area contributed by atoms with Gasteiger partial charge in [0.15, 0.2) is 11.6 Å². The van der Waals surface area contributed by atoms with E-state index in [1.54, 1.807) is 6.07 Å². The van der Waals surface area contributed by atoms with Gasteiger partial charge >= 0.3 is 0 Å². The molecule has 0 bridgehead atoms.